The summed E-state index contributed by atoms with van der Waals surface area (Å²) in [5, 5.41) is 3.93. The molecule has 2 aromatic rings. The first kappa shape index (κ1) is 12.0. The molecule has 0 amide bonds. The number of sulfonamides is 1. The minimum Gasteiger partial charge on any atom is -0.326 e. The smallest absolute Gasteiger partial charge is 0.262 e. The van der Waals surface area contributed by atoms with E-state index in [1.165, 1.54) is 18.3 Å². The number of hydrogen-bond acceptors (Lipinski definition) is 6. The maximum atomic E-state index is 11.9. The van der Waals surface area contributed by atoms with Gasteiger partial charge in [0.15, 0.2) is 0 Å². The molecule has 1 aromatic heterocycles. The van der Waals surface area contributed by atoms with Crippen molar-refractivity contribution in [2.75, 3.05) is 4.72 Å². The number of aromatic nitrogens is 2. The summed E-state index contributed by atoms with van der Waals surface area (Å²) < 4.78 is 29.8. The van der Waals surface area contributed by atoms with Gasteiger partial charge in [0.2, 0.25) is 0 Å². The average Bonchev–Trinajstić information content (AvgIpc) is 2.81. The number of nitrogens with two attached hydrogens (primary N) is 1. The lowest BCUT2D eigenvalue weighted by Gasteiger charge is -2.05. The van der Waals surface area contributed by atoms with Crippen LogP contribution in [0.15, 0.2) is 35.4 Å². The summed E-state index contributed by atoms with van der Waals surface area (Å²) in [6.45, 7) is 0.381. The molecule has 0 spiro atoms. The number of anilines is 1. The quantitative estimate of drug-likeness (QED) is 0.856. The Morgan fingerprint density at radius 3 is 2.53 bits per heavy atom. The first-order valence-electron chi connectivity index (χ1n) is 4.71. The lowest BCUT2D eigenvalue weighted by atomic mass is 10.2. The van der Waals surface area contributed by atoms with Crippen molar-refractivity contribution in [3.8, 4) is 0 Å². The highest BCUT2D eigenvalue weighted by atomic mass is 32.2. The van der Waals surface area contributed by atoms with Gasteiger partial charge >= 0.3 is 0 Å². The molecule has 0 radical (unpaired) electrons. The number of hydrogen-bond donors (Lipinski definition) is 2. The highest BCUT2D eigenvalue weighted by molar-refractivity contribution is 7.93. The second-order valence-electron chi connectivity index (χ2n) is 3.24. The van der Waals surface area contributed by atoms with Crippen LogP contribution in [-0.2, 0) is 16.6 Å². The third kappa shape index (κ3) is 2.78. The second-order valence-corrected chi connectivity index (χ2v) is 5.70. The van der Waals surface area contributed by atoms with Crippen molar-refractivity contribution in [3.63, 3.8) is 0 Å². The summed E-state index contributed by atoms with van der Waals surface area (Å²) in [6, 6.07) is 6.39. The predicted octanol–water partition coefficient (Wildman–Crippen LogP) is 0.798. The fraction of sp³-hybridized carbons (Fsp3) is 0.111. The summed E-state index contributed by atoms with van der Waals surface area (Å²) >= 11 is 0.981. The van der Waals surface area contributed by atoms with E-state index in [0.29, 0.717) is 11.5 Å². The van der Waals surface area contributed by atoms with E-state index in [-0.39, 0.29) is 4.90 Å². The molecule has 0 fully saturated rings. The van der Waals surface area contributed by atoms with Gasteiger partial charge in [-0.1, -0.05) is 16.6 Å². The molecule has 90 valence electrons. The molecular formula is C9H10N4O2S2. The Morgan fingerprint density at radius 2 is 2.00 bits per heavy atom. The number of benzene rings is 1. The van der Waals surface area contributed by atoms with Crippen LogP contribution in [0.4, 0.5) is 5.00 Å². The maximum Gasteiger partial charge on any atom is 0.262 e. The van der Waals surface area contributed by atoms with Gasteiger partial charge in [0.25, 0.3) is 10.0 Å². The molecule has 0 aliphatic heterocycles. The summed E-state index contributed by atoms with van der Waals surface area (Å²) in [5.74, 6) is 0. The van der Waals surface area contributed by atoms with Gasteiger partial charge < -0.3 is 5.73 Å². The third-order valence-corrected chi connectivity index (χ3v) is 4.16. The average molecular weight is 270 g/mol. The van der Waals surface area contributed by atoms with Crippen LogP contribution in [0.5, 0.6) is 0 Å². The predicted molar refractivity (Wildman–Crippen MR) is 65.1 cm³/mol. The lowest BCUT2D eigenvalue weighted by Crippen LogP contribution is -2.12. The summed E-state index contributed by atoms with van der Waals surface area (Å²) in [4.78, 5) is 0.183. The number of nitrogens with zero attached hydrogens (tertiary/aromatic N) is 2. The van der Waals surface area contributed by atoms with E-state index in [2.05, 4.69) is 14.3 Å². The van der Waals surface area contributed by atoms with Gasteiger partial charge in [-0.05, 0) is 17.7 Å². The monoisotopic (exact) mass is 270 g/mol. The molecule has 0 unspecified atom stereocenters. The van der Waals surface area contributed by atoms with Crippen molar-refractivity contribution in [1.82, 2.24) is 9.59 Å². The van der Waals surface area contributed by atoms with Gasteiger partial charge in [0.1, 0.15) is 5.00 Å². The van der Waals surface area contributed by atoms with E-state index in [4.69, 9.17) is 5.73 Å². The van der Waals surface area contributed by atoms with E-state index in [1.54, 1.807) is 12.1 Å². The highest BCUT2D eigenvalue weighted by Crippen LogP contribution is 2.17. The van der Waals surface area contributed by atoms with Crippen LogP contribution >= 0.6 is 11.5 Å². The van der Waals surface area contributed by atoms with Gasteiger partial charge in [0, 0.05) is 18.1 Å². The SMILES string of the molecule is NCc1ccc(S(=O)(=O)Nc2cnns2)cc1. The van der Waals surface area contributed by atoms with Gasteiger partial charge in [-0.3, -0.25) is 4.72 Å². The molecule has 0 bridgehead atoms. The van der Waals surface area contributed by atoms with E-state index in [0.717, 1.165) is 17.1 Å². The fourth-order valence-electron chi connectivity index (χ4n) is 1.21. The Hall–Kier alpha value is -1.51. The minimum atomic E-state index is -3.57. The Morgan fingerprint density at radius 1 is 1.29 bits per heavy atom. The summed E-state index contributed by atoms with van der Waals surface area (Å²) in [6.07, 6.45) is 1.36. The molecule has 0 saturated carbocycles. The molecule has 2 rings (SSSR count). The number of rotatable bonds is 4. The standard InChI is InChI=1S/C9H10N4O2S2/c10-5-7-1-3-8(4-2-7)17(14,15)12-9-6-11-13-16-9/h1-4,6,12H,5,10H2. The van der Waals surface area contributed by atoms with E-state index >= 15 is 0 Å². The Kier molecular flexibility index (Phi) is 3.36. The van der Waals surface area contributed by atoms with Crippen molar-refractivity contribution in [3.05, 3.63) is 36.0 Å². The molecule has 1 aromatic carbocycles. The number of nitrogens with one attached hydrogen (secondary N) is 1. The molecule has 1 heterocycles. The van der Waals surface area contributed by atoms with Crippen molar-refractivity contribution >= 4 is 26.6 Å². The van der Waals surface area contributed by atoms with E-state index in [9.17, 15) is 8.42 Å². The normalized spacial score (nSPS) is 11.4. The van der Waals surface area contributed by atoms with Crippen LogP contribution < -0.4 is 10.5 Å². The third-order valence-electron chi connectivity index (χ3n) is 2.07. The first-order valence-corrected chi connectivity index (χ1v) is 6.96. The fourth-order valence-corrected chi connectivity index (χ4v) is 2.89. The van der Waals surface area contributed by atoms with Crippen molar-refractivity contribution < 1.29 is 8.42 Å². The first-order chi connectivity index (χ1) is 8.12. The molecule has 17 heavy (non-hydrogen) atoms. The minimum absolute atomic E-state index is 0.183. The summed E-state index contributed by atoms with van der Waals surface area (Å²) in [7, 11) is -3.57. The van der Waals surface area contributed by atoms with Gasteiger partial charge in [-0.15, -0.1) is 5.10 Å². The molecule has 0 saturated heterocycles. The van der Waals surface area contributed by atoms with Crippen LogP contribution in [0.25, 0.3) is 0 Å². The Labute approximate surface area is 103 Å². The van der Waals surface area contributed by atoms with Crippen molar-refractivity contribution in [2.24, 2.45) is 5.73 Å². The Bertz CT molecular complexity index is 578. The topological polar surface area (TPSA) is 98.0 Å². The van der Waals surface area contributed by atoms with Crippen LogP contribution in [0.3, 0.4) is 0 Å². The van der Waals surface area contributed by atoms with Crippen LogP contribution in [0.1, 0.15) is 5.56 Å². The van der Waals surface area contributed by atoms with Gasteiger partial charge in [-0.25, -0.2) is 8.42 Å². The Balaban J connectivity index is 2.25. The maximum absolute atomic E-state index is 11.9. The zero-order valence-electron chi connectivity index (χ0n) is 8.70. The highest BCUT2D eigenvalue weighted by Gasteiger charge is 2.14. The van der Waals surface area contributed by atoms with Crippen LogP contribution in [0.2, 0.25) is 0 Å². The van der Waals surface area contributed by atoms with Crippen molar-refractivity contribution in [2.45, 2.75) is 11.4 Å². The summed E-state index contributed by atoms with van der Waals surface area (Å²) in [5.41, 5.74) is 6.32. The zero-order chi connectivity index (χ0) is 12.3. The molecule has 3 N–H and O–H groups in total. The molecule has 6 nitrogen and oxygen atoms in total. The van der Waals surface area contributed by atoms with Crippen LogP contribution in [-0.4, -0.2) is 18.0 Å². The molecule has 0 aliphatic carbocycles. The molecule has 8 heteroatoms. The molecule has 0 atom stereocenters. The molecular weight excluding hydrogens is 260 g/mol. The lowest BCUT2D eigenvalue weighted by molar-refractivity contribution is 0.601. The van der Waals surface area contributed by atoms with Gasteiger partial charge in [0.05, 0.1) is 11.1 Å². The van der Waals surface area contributed by atoms with E-state index < -0.39 is 10.0 Å². The van der Waals surface area contributed by atoms with E-state index in [1.807, 2.05) is 0 Å². The molecule has 0 aliphatic rings. The second kappa shape index (κ2) is 4.78. The van der Waals surface area contributed by atoms with Crippen molar-refractivity contribution in [1.29, 1.82) is 0 Å². The largest absolute Gasteiger partial charge is 0.326 e. The zero-order valence-corrected chi connectivity index (χ0v) is 10.3. The van der Waals surface area contributed by atoms with Gasteiger partial charge in [-0.2, -0.15) is 0 Å². The van der Waals surface area contributed by atoms with Crippen LogP contribution in [0, 0.1) is 0 Å².